The van der Waals surface area contributed by atoms with E-state index in [0.717, 1.165) is 35.9 Å². The van der Waals surface area contributed by atoms with E-state index >= 15 is 0 Å². The maximum atomic E-state index is 13.4. The van der Waals surface area contributed by atoms with Gasteiger partial charge in [0.05, 0.1) is 23.8 Å². The molecule has 1 aromatic carbocycles. The number of aromatic nitrogens is 4. The lowest BCUT2D eigenvalue weighted by Crippen LogP contribution is -2.41. The van der Waals surface area contributed by atoms with Gasteiger partial charge in [0.15, 0.2) is 0 Å². The van der Waals surface area contributed by atoms with Gasteiger partial charge in [0.2, 0.25) is 0 Å². The summed E-state index contributed by atoms with van der Waals surface area (Å²) in [4.78, 5) is 19.8. The van der Waals surface area contributed by atoms with E-state index in [1.807, 2.05) is 54.0 Å². The van der Waals surface area contributed by atoms with Crippen molar-refractivity contribution in [2.75, 3.05) is 0 Å². The van der Waals surface area contributed by atoms with Crippen LogP contribution in [0.3, 0.4) is 0 Å². The Labute approximate surface area is 153 Å². The molecule has 3 aromatic rings. The average Bonchev–Trinajstić information content (AvgIpc) is 3.23. The number of amides is 1. The first-order chi connectivity index (χ1) is 12.6. The summed E-state index contributed by atoms with van der Waals surface area (Å²) >= 11 is 0. The van der Waals surface area contributed by atoms with Gasteiger partial charge in [-0.2, -0.15) is 5.10 Å². The number of aryl methyl sites for hydroxylation is 3. The summed E-state index contributed by atoms with van der Waals surface area (Å²) in [6, 6.07) is 10.2. The van der Waals surface area contributed by atoms with Gasteiger partial charge in [0.1, 0.15) is 5.82 Å². The molecule has 4 rings (SSSR count). The number of hydrogen-bond acceptors (Lipinski definition) is 3. The highest BCUT2D eigenvalue weighted by Crippen LogP contribution is 2.31. The third kappa shape index (κ3) is 2.71. The first kappa shape index (κ1) is 16.6. The summed E-state index contributed by atoms with van der Waals surface area (Å²) in [5.74, 6) is 0.950. The maximum absolute atomic E-state index is 13.4. The normalized spacial score (nSPS) is 16.6. The zero-order valence-electron chi connectivity index (χ0n) is 15.4. The van der Waals surface area contributed by atoms with Gasteiger partial charge in [-0.25, -0.2) is 4.98 Å². The molecule has 1 amide bonds. The van der Waals surface area contributed by atoms with E-state index in [4.69, 9.17) is 0 Å². The van der Waals surface area contributed by atoms with E-state index in [2.05, 4.69) is 33.7 Å². The van der Waals surface area contributed by atoms with Gasteiger partial charge in [-0.05, 0) is 26.3 Å². The lowest BCUT2D eigenvalue weighted by Gasteiger charge is -2.37. The zero-order valence-corrected chi connectivity index (χ0v) is 15.4. The number of imidazole rings is 1. The molecule has 0 radical (unpaired) electrons. The second-order valence-electron chi connectivity index (χ2n) is 6.77. The van der Waals surface area contributed by atoms with Crippen LogP contribution >= 0.6 is 0 Å². The third-order valence-electron chi connectivity index (χ3n) is 5.13. The van der Waals surface area contributed by atoms with Crippen molar-refractivity contribution < 1.29 is 4.79 Å². The molecule has 1 aliphatic rings. The summed E-state index contributed by atoms with van der Waals surface area (Å²) < 4.78 is 4.03. The second kappa shape index (κ2) is 6.44. The van der Waals surface area contributed by atoms with Crippen LogP contribution in [0.15, 0.2) is 42.7 Å². The molecule has 6 heteroatoms. The molecule has 6 nitrogen and oxygen atoms in total. The van der Waals surface area contributed by atoms with Gasteiger partial charge in [-0.15, -0.1) is 0 Å². The summed E-state index contributed by atoms with van der Waals surface area (Å²) in [5, 5.41) is 4.44. The fourth-order valence-corrected chi connectivity index (χ4v) is 3.64. The number of hydrogen-bond donors (Lipinski definition) is 0. The van der Waals surface area contributed by atoms with Gasteiger partial charge < -0.3 is 9.47 Å². The lowest BCUT2D eigenvalue weighted by molar-refractivity contribution is 0.0582. The lowest BCUT2D eigenvalue weighted by atomic mass is 10.0. The molecule has 0 fully saturated rings. The van der Waals surface area contributed by atoms with Crippen molar-refractivity contribution in [3.63, 3.8) is 0 Å². The molecule has 0 saturated carbocycles. The Morgan fingerprint density at radius 2 is 2.00 bits per heavy atom. The molecule has 26 heavy (non-hydrogen) atoms. The zero-order chi connectivity index (χ0) is 18.3. The van der Waals surface area contributed by atoms with Crippen molar-refractivity contribution in [1.29, 1.82) is 0 Å². The van der Waals surface area contributed by atoms with Crippen molar-refractivity contribution >= 4 is 5.91 Å². The van der Waals surface area contributed by atoms with E-state index in [-0.39, 0.29) is 11.9 Å². The molecule has 0 spiro atoms. The monoisotopic (exact) mass is 349 g/mol. The summed E-state index contributed by atoms with van der Waals surface area (Å²) in [7, 11) is 0. The number of carbonyl (C=O) groups is 1. The molecule has 0 N–H and O–H groups in total. The molecule has 0 aliphatic carbocycles. The minimum absolute atomic E-state index is 0.0166. The van der Waals surface area contributed by atoms with E-state index < -0.39 is 0 Å². The average molecular weight is 349 g/mol. The highest BCUT2D eigenvalue weighted by atomic mass is 16.2. The summed E-state index contributed by atoms with van der Waals surface area (Å²) in [5.41, 5.74) is 3.71. The minimum atomic E-state index is -0.0199. The Bertz CT molecular complexity index is 941. The van der Waals surface area contributed by atoms with E-state index in [1.54, 1.807) is 0 Å². The Hall–Kier alpha value is -2.89. The molecule has 1 atom stereocenters. The van der Waals surface area contributed by atoms with Crippen molar-refractivity contribution in [2.24, 2.45) is 0 Å². The van der Waals surface area contributed by atoms with E-state index in [1.165, 1.54) is 0 Å². The highest BCUT2D eigenvalue weighted by Gasteiger charge is 2.34. The van der Waals surface area contributed by atoms with E-state index in [0.29, 0.717) is 12.1 Å². The van der Waals surface area contributed by atoms with Gasteiger partial charge in [0, 0.05) is 31.2 Å². The first-order valence-electron chi connectivity index (χ1n) is 8.99. The second-order valence-corrected chi connectivity index (χ2v) is 6.77. The fourth-order valence-electron chi connectivity index (χ4n) is 3.64. The molecule has 0 saturated heterocycles. The topological polar surface area (TPSA) is 56.0 Å². The highest BCUT2D eigenvalue weighted by molar-refractivity contribution is 5.95. The van der Waals surface area contributed by atoms with Gasteiger partial charge in [-0.3, -0.25) is 9.48 Å². The van der Waals surface area contributed by atoms with Crippen molar-refractivity contribution in [3.05, 3.63) is 71.1 Å². The quantitative estimate of drug-likeness (QED) is 0.730. The van der Waals surface area contributed by atoms with Gasteiger partial charge >= 0.3 is 0 Å². The van der Waals surface area contributed by atoms with Crippen LogP contribution in [0.1, 0.15) is 46.1 Å². The number of nitrogens with zero attached hydrogens (tertiary/aromatic N) is 5. The molecular formula is C20H23N5O. The van der Waals surface area contributed by atoms with Crippen LogP contribution < -0.4 is 0 Å². The van der Waals surface area contributed by atoms with Crippen LogP contribution in [0.25, 0.3) is 0 Å². The van der Waals surface area contributed by atoms with Gasteiger partial charge in [0.25, 0.3) is 5.91 Å². The largest absolute Gasteiger partial charge is 0.328 e. The van der Waals surface area contributed by atoms with Crippen molar-refractivity contribution in [1.82, 2.24) is 24.2 Å². The predicted octanol–water partition coefficient (Wildman–Crippen LogP) is 3.11. The summed E-state index contributed by atoms with van der Waals surface area (Å²) in [6.07, 6.45) is 3.73. The van der Waals surface area contributed by atoms with Crippen LogP contribution in [0.2, 0.25) is 0 Å². The standard InChI is InChI=1S/C20H23N5O/c1-4-23-11-17(15(3)22-23)20(26)25-13-19-21-10-14(2)24(19)12-18(25)16-8-6-5-7-9-16/h5-11,18H,4,12-13H2,1-3H3. The molecule has 2 aromatic heterocycles. The molecule has 1 unspecified atom stereocenters. The van der Waals surface area contributed by atoms with Crippen LogP contribution in [0.4, 0.5) is 0 Å². The molecule has 3 heterocycles. The maximum Gasteiger partial charge on any atom is 0.258 e. The van der Waals surface area contributed by atoms with Crippen molar-refractivity contribution in [2.45, 2.75) is 46.4 Å². The Morgan fingerprint density at radius 1 is 1.23 bits per heavy atom. The SMILES string of the molecule is CCn1cc(C(=O)N2Cc3ncc(C)n3CC2c2ccccc2)c(C)n1. The molecule has 1 aliphatic heterocycles. The number of fused-ring (bicyclic) bond motifs is 1. The predicted molar refractivity (Wildman–Crippen MR) is 98.7 cm³/mol. The number of carbonyl (C=O) groups excluding carboxylic acids is 1. The van der Waals surface area contributed by atoms with E-state index in [9.17, 15) is 4.79 Å². The number of benzene rings is 1. The Morgan fingerprint density at radius 3 is 2.69 bits per heavy atom. The smallest absolute Gasteiger partial charge is 0.258 e. The van der Waals surface area contributed by atoms with Crippen LogP contribution in [-0.2, 0) is 19.6 Å². The summed E-state index contributed by atoms with van der Waals surface area (Å²) in [6.45, 7) is 7.95. The van der Waals surface area contributed by atoms with Gasteiger partial charge in [-0.1, -0.05) is 30.3 Å². The first-order valence-corrected chi connectivity index (χ1v) is 8.99. The Kier molecular flexibility index (Phi) is 4.11. The van der Waals surface area contributed by atoms with Crippen LogP contribution in [0, 0.1) is 13.8 Å². The minimum Gasteiger partial charge on any atom is -0.328 e. The Balaban J connectivity index is 1.76. The molecule has 134 valence electrons. The molecular weight excluding hydrogens is 326 g/mol. The van der Waals surface area contributed by atoms with Crippen molar-refractivity contribution in [3.8, 4) is 0 Å². The third-order valence-corrected chi connectivity index (χ3v) is 5.13. The van der Waals surface area contributed by atoms with Crippen LogP contribution in [-0.4, -0.2) is 30.1 Å². The number of rotatable bonds is 3. The fraction of sp³-hybridized carbons (Fsp3) is 0.350. The molecule has 0 bridgehead atoms. The van der Waals surface area contributed by atoms with Crippen LogP contribution in [0.5, 0.6) is 0 Å².